The fourth-order valence-electron chi connectivity index (χ4n) is 1.81. The van der Waals surface area contributed by atoms with Crippen molar-refractivity contribution in [2.45, 2.75) is 40.3 Å². The SMILES string of the molecule is CCCNCc1c(C)nc(CN(C)C)nc1C. The Morgan fingerprint density at radius 1 is 1.12 bits per heavy atom. The fraction of sp³-hybridized carbons (Fsp3) is 0.692. The average molecular weight is 236 g/mol. The van der Waals surface area contributed by atoms with Crippen molar-refractivity contribution in [3.8, 4) is 0 Å². The van der Waals surface area contributed by atoms with E-state index >= 15 is 0 Å². The summed E-state index contributed by atoms with van der Waals surface area (Å²) in [5.74, 6) is 0.907. The van der Waals surface area contributed by atoms with Crippen molar-refractivity contribution in [3.05, 3.63) is 22.8 Å². The molecule has 1 rings (SSSR count). The Morgan fingerprint density at radius 2 is 1.71 bits per heavy atom. The van der Waals surface area contributed by atoms with Crippen LogP contribution in [0.15, 0.2) is 0 Å². The van der Waals surface area contributed by atoms with Crippen LogP contribution in [0.4, 0.5) is 0 Å². The van der Waals surface area contributed by atoms with Crippen LogP contribution in [-0.4, -0.2) is 35.5 Å². The van der Waals surface area contributed by atoms with Crippen molar-refractivity contribution < 1.29 is 0 Å². The van der Waals surface area contributed by atoms with E-state index in [-0.39, 0.29) is 0 Å². The molecule has 0 unspecified atom stereocenters. The number of hydrogen-bond acceptors (Lipinski definition) is 4. The Bertz CT molecular complexity index is 337. The smallest absolute Gasteiger partial charge is 0.142 e. The van der Waals surface area contributed by atoms with E-state index in [1.54, 1.807) is 0 Å². The molecule has 0 aliphatic carbocycles. The second-order valence-electron chi connectivity index (χ2n) is 4.70. The Balaban J connectivity index is 2.79. The summed E-state index contributed by atoms with van der Waals surface area (Å²) in [6.07, 6.45) is 1.15. The summed E-state index contributed by atoms with van der Waals surface area (Å²) in [4.78, 5) is 11.2. The largest absolute Gasteiger partial charge is 0.313 e. The van der Waals surface area contributed by atoms with Crippen molar-refractivity contribution in [1.82, 2.24) is 20.2 Å². The van der Waals surface area contributed by atoms with E-state index in [2.05, 4.69) is 41.0 Å². The van der Waals surface area contributed by atoms with Crippen LogP contribution >= 0.6 is 0 Å². The maximum atomic E-state index is 4.56. The molecule has 0 atom stereocenters. The van der Waals surface area contributed by atoms with Crippen LogP contribution in [0.3, 0.4) is 0 Å². The quantitative estimate of drug-likeness (QED) is 0.763. The van der Waals surface area contributed by atoms with Gasteiger partial charge in [0.05, 0.1) is 6.54 Å². The van der Waals surface area contributed by atoms with Crippen LogP contribution in [0, 0.1) is 13.8 Å². The van der Waals surface area contributed by atoms with Gasteiger partial charge < -0.3 is 10.2 Å². The van der Waals surface area contributed by atoms with Crippen LogP contribution in [0.1, 0.15) is 36.1 Å². The molecule has 1 aromatic heterocycles. The van der Waals surface area contributed by atoms with Gasteiger partial charge in [-0.05, 0) is 40.9 Å². The van der Waals surface area contributed by atoms with Crippen LogP contribution in [-0.2, 0) is 13.1 Å². The molecule has 0 fully saturated rings. The molecule has 17 heavy (non-hydrogen) atoms. The van der Waals surface area contributed by atoms with Gasteiger partial charge in [0.1, 0.15) is 5.82 Å². The van der Waals surface area contributed by atoms with Crippen LogP contribution in [0.25, 0.3) is 0 Å². The molecule has 0 aromatic carbocycles. The highest BCUT2D eigenvalue weighted by Crippen LogP contribution is 2.10. The minimum absolute atomic E-state index is 0.796. The van der Waals surface area contributed by atoms with Gasteiger partial charge in [-0.25, -0.2) is 9.97 Å². The lowest BCUT2D eigenvalue weighted by molar-refractivity contribution is 0.389. The zero-order valence-corrected chi connectivity index (χ0v) is 11.7. The maximum absolute atomic E-state index is 4.56. The second-order valence-corrected chi connectivity index (χ2v) is 4.70. The van der Waals surface area contributed by atoms with Crippen molar-refractivity contribution in [2.24, 2.45) is 0 Å². The third-order valence-corrected chi connectivity index (χ3v) is 2.65. The molecule has 4 heteroatoms. The minimum atomic E-state index is 0.796. The van der Waals surface area contributed by atoms with Gasteiger partial charge in [-0.3, -0.25) is 0 Å². The fourth-order valence-corrected chi connectivity index (χ4v) is 1.81. The molecule has 1 heterocycles. The van der Waals surface area contributed by atoms with Crippen LogP contribution < -0.4 is 5.32 Å². The van der Waals surface area contributed by atoms with Crippen molar-refractivity contribution in [1.29, 1.82) is 0 Å². The second kappa shape index (κ2) is 6.67. The maximum Gasteiger partial charge on any atom is 0.142 e. The molecule has 1 N–H and O–H groups in total. The van der Waals surface area contributed by atoms with E-state index in [9.17, 15) is 0 Å². The molecule has 0 aliphatic rings. The first-order valence-electron chi connectivity index (χ1n) is 6.23. The van der Waals surface area contributed by atoms with Gasteiger partial charge in [0.2, 0.25) is 0 Å². The van der Waals surface area contributed by atoms with Gasteiger partial charge in [0.25, 0.3) is 0 Å². The van der Waals surface area contributed by atoms with Gasteiger partial charge >= 0.3 is 0 Å². The summed E-state index contributed by atoms with van der Waals surface area (Å²) in [7, 11) is 4.06. The Labute approximate surface area is 104 Å². The summed E-state index contributed by atoms with van der Waals surface area (Å²) in [5, 5.41) is 3.40. The topological polar surface area (TPSA) is 41.1 Å². The monoisotopic (exact) mass is 236 g/mol. The number of hydrogen-bond donors (Lipinski definition) is 1. The Hall–Kier alpha value is -1.00. The molecule has 0 radical (unpaired) electrons. The lowest BCUT2D eigenvalue weighted by Crippen LogP contribution is -2.19. The molecule has 0 saturated carbocycles. The number of aromatic nitrogens is 2. The summed E-state index contributed by atoms with van der Waals surface area (Å²) in [5.41, 5.74) is 3.43. The van der Waals surface area contributed by atoms with E-state index < -0.39 is 0 Å². The molecule has 4 nitrogen and oxygen atoms in total. The van der Waals surface area contributed by atoms with Crippen LogP contribution in [0.2, 0.25) is 0 Å². The van der Waals surface area contributed by atoms with E-state index in [4.69, 9.17) is 0 Å². The van der Waals surface area contributed by atoms with Crippen LogP contribution in [0.5, 0.6) is 0 Å². The molecule has 0 aliphatic heterocycles. The van der Waals surface area contributed by atoms with Crippen molar-refractivity contribution >= 4 is 0 Å². The minimum Gasteiger partial charge on any atom is -0.313 e. The molecule has 0 bridgehead atoms. The highest BCUT2D eigenvalue weighted by Gasteiger charge is 2.08. The molecular formula is C13H24N4. The highest BCUT2D eigenvalue weighted by atomic mass is 15.1. The number of rotatable bonds is 6. The summed E-state index contributed by atoms with van der Waals surface area (Å²) < 4.78 is 0. The van der Waals surface area contributed by atoms with Gasteiger partial charge in [-0.2, -0.15) is 0 Å². The number of aryl methyl sites for hydroxylation is 2. The first kappa shape index (κ1) is 14.1. The highest BCUT2D eigenvalue weighted by molar-refractivity contribution is 5.24. The summed E-state index contributed by atoms with van der Waals surface area (Å²) >= 11 is 0. The molecule has 1 aromatic rings. The molecule has 0 spiro atoms. The van der Waals surface area contributed by atoms with Gasteiger partial charge in [-0.1, -0.05) is 6.92 Å². The van der Waals surface area contributed by atoms with Gasteiger partial charge in [-0.15, -0.1) is 0 Å². The number of nitrogens with one attached hydrogen (secondary N) is 1. The summed E-state index contributed by atoms with van der Waals surface area (Å²) in [6.45, 7) is 9.01. The normalized spacial score (nSPS) is 11.2. The number of nitrogens with zero attached hydrogens (tertiary/aromatic N) is 3. The zero-order chi connectivity index (χ0) is 12.8. The Kier molecular flexibility index (Phi) is 5.51. The predicted octanol–water partition coefficient (Wildman–Crippen LogP) is 1.65. The van der Waals surface area contributed by atoms with E-state index in [0.717, 1.165) is 43.3 Å². The Morgan fingerprint density at radius 3 is 2.18 bits per heavy atom. The van der Waals surface area contributed by atoms with E-state index in [0.29, 0.717) is 0 Å². The molecule has 0 amide bonds. The summed E-state index contributed by atoms with van der Waals surface area (Å²) in [6, 6.07) is 0. The lowest BCUT2D eigenvalue weighted by Gasteiger charge is -2.13. The van der Waals surface area contributed by atoms with E-state index in [1.807, 2.05) is 14.1 Å². The van der Waals surface area contributed by atoms with Crippen molar-refractivity contribution in [2.75, 3.05) is 20.6 Å². The first-order valence-corrected chi connectivity index (χ1v) is 6.23. The van der Waals surface area contributed by atoms with E-state index in [1.165, 1.54) is 5.56 Å². The molecular weight excluding hydrogens is 212 g/mol. The average Bonchev–Trinajstić information content (AvgIpc) is 2.21. The zero-order valence-electron chi connectivity index (χ0n) is 11.7. The predicted molar refractivity (Wildman–Crippen MR) is 70.9 cm³/mol. The lowest BCUT2D eigenvalue weighted by atomic mass is 10.1. The van der Waals surface area contributed by atoms with Gasteiger partial charge in [0.15, 0.2) is 0 Å². The third kappa shape index (κ3) is 4.40. The molecule has 0 saturated heterocycles. The van der Waals surface area contributed by atoms with Crippen molar-refractivity contribution in [3.63, 3.8) is 0 Å². The third-order valence-electron chi connectivity index (χ3n) is 2.65. The standard InChI is InChI=1S/C13H24N4/c1-6-7-14-8-12-10(2)15-13(9-17(4)5)16-11(12)3/h14H,6-9H2,1-5H3. The molecule has 96 valence electrons. The first-order chi connectivity index (χ1) is 8.04. The van der Waals surface area contributed by atoms with Gasteiger partial charge in [0, 0.05) is 23.5 Å².